The minimum Gasteiger partial charge on any atom is -0.493 e. The van der Waals surface area contributed by atoms with Gasteiger partial charge in [-0.25, -0.2) is 9.97 Å². The van der Waals surface area contributed by atoms with Crippen molar-refractivity contribution in [2.75, 3.05) is 14.2 Å². The second-order valence-electron chi connectivity index (χ2n) is 4.23. The Balaban J connectivity index is 2.15. The van der Waals surface area contributed by atoms with Gasteiger partial charge in [-0.15, -0.1) is 0 Å². The van der Waals surface area contributed by atoms with Crippen LogP contribution in [0, 0.1) is 0 Å². The number of fused-ring (bicyclic) bond motifs is 1. The number of aromatic nitrogens is 4. The number of hydrogen-bond donors (Lipinski definition) is 1. The van der Waals surface area contributed by atoms with E-state index in [0.29, 0.717) is 11.5 Å². The van der Waals surface area contributed by atoms with E-state index < -0.39 is 0 Å². The predicted octanol–water partition coefficient (Wildman–Crippen LogP) is 1.98. The summed E-state index contributed by atoms with van der Waals surface area (Å²) < 4.78 is 12.4. The lowest BCUT2D eigenvalue weighted by molar-refractivity contribution is 0.356. The van der Waals surface area contributed by atoms with E-state index in [1.54, 1.807) is 20.5 Å². The summed E-state index contributed by atoms with van der Waals surface area (Å²) in [5.41, 5.74) is 2.51. The van der Waals surface area contributed by atoms with Gasteiger partial charge in [-0.3, -0.25) is 0 Å². The van der Waals surface area contributed by atoms with Crippen LogP contribution in [0.5, 0.6) is 11.5 Å². The Kier molecular flexibility index (Phi) is 2.63. The molecule has 0 radical (unpaired) electrons. The van der Waals surface area contributed by atoms with Crippen LogP contribution in [-0.4, -0.2) is 33.7 Å². The highest BCUT2D eigenvalue weighted by molar-refractivity contribution is 5.82. The first-order valence-corrected chi connectivity index (χ1v) is 5.81. The molecule has 2 aromatic heterocycles. The van der Waals surface area contributed by atoms with Crippen LogP contribution in [0.4, 0.5) is 0 Å². The van der Waals surface area contributed by atoms with Gasteiger partial charge in [0.15, 0.2) is 17.3 Å². The number of aromatic amines is 1. The van der Waals surface area contributed by atoms with Gasteiger partial charge in [0.25, 0.3) is 0 Å². The summed E-state index contributed by atoms with van der Waals surface area (Å²) in [6.07, 6.45) is 3.65. The maximum atomic E-state index is 5.27. The average Bonchev–Trinajstić information content (AvgIpc) is 3.02. The van der Waals surface area contributed by atoms with Gasteiger partial charge in [-0.05, 0) is 0 Å². The monoisotopic (exact) mass is 258 g/mol. The molecule has 0 fully saturated rings. The average molecular weight is 258 g/mol. The van der Waals surface area contributed by atoms with Gasteiger partial charge in [0.1, 0.15) is 5.69 Å². The number of ether oxygens (including phenoxy) is 2. The maximum Gasteiger partial charge on any atom is 0.163 e. The third-order valence-electron chi connectivity index (χ3n) is 2.93. The molecule has 0 saturated heterocycles. The topological polar surface area (TPSA) is 65.0 Å². The predicted molar refractivity (Wildman–Crippen MR) is 71.4 cm³/mol. The van der Waals surface area contributed by atoms with Gasteiger partial charge in [0.05, 0.1) is 31.6 Å². The van der Waals surface area contributed by atoms with E-state index in [1.165, 1.54) is 0 Å². The lowest BCUT2D eigenvalue weighted by Gasteiger charge is -2.06. The van der Waals surface area contributed by atoms with Crippen LogP contribution in [0.1, 0.15) is 0 Å². The zero-order valence-electron chi connectivity index (χ0n) is 11.0. The van der Waals surface area contributed by atoms with E-state index in [9.17, 15) is 0 Å². The van der Waals surface area contributed by atoms with Crippen molar-refractivity contribution >= 4 is 11.0 Å². The molecule has 6 heteroatoms. The molecule has 0 amide bonds. The van der Waals surface area contributed by atoms with Crippen LogP contribution in [0.15, 0.2) is 24.7 Å². The molecule has 0 aliphatic rings. The van der Waals surface area contributed by atoms with Gasteiger partial charge < -0.3 is 19.0 Å². The largest absolute Gasteiger partial charge is 0.493 e. The number of rotatable bonds is 3. The van der Waals surface area contributed by atoms with E-state index in [2.05, 4.69) is 15.0 Å². The van der Waals surface area contributed by atoms with Gasteiger partial charge in [-0.2, -0.15) is 0 Å². The fraction of sp³-hybridized carbons (Fsp3) is 0.231. The summed E-state index contributed by atoms with van der Waals surface area (Å²) in [5, 5.41) is 0. The van der Waals surface area contributed by atoms with Crippen molar-refractivity contribution in [3.05, 3.63) is 24.7 Å². The molecule has 0 unspecified atom stereocenters. The zero-order valence-corrected chi connectivity index (χ0v) is 11.0. The molecule has 0 saturated carbocycles. The summed E-state index contributed by atoms with van der Waals surface area (Å²) in [4.78, 5) is 12.0. The number of nitrogens with zero attached hydrogens (tertiary/aromatic N) is 3. The van der Waals surface area contributed by atoms with E-state index in [0.717, 1.165) is 22.6 Å². The van der Waals surface area contributed by atoms with Crippen molar-refractivity contribution in [1.82, 2.24) is 19.5 Å². The number of aryl methyl sites for hydroxylation is 1. The quantitative estimate of drug-likeness (QED) is 0.780. The fourth-order valence-electron chi connectivity index (χ4n) is 1.99. The Morgan fingerprint density at radius 1 is 1.16 bits per heavy atom. The lowest BCUT2D eigenvalue weighted by Crippen LogP contribution is -1.89. The molecule has 3 aromatic rings. The van der Waals surface area contributed by atoms with E-state index in [4.69, 9.17) is 9.47 Å². The fourth-order valence-corrected chi connectivity index (χ4v) is 1.99. The summed E-state index contributed by atoms with van der Waals surface area (Å²) in [6, 6.07) is 3.71. The van der Waals surface area contributed by atoms with Crippen LogP contribution in [0.3, 0.4) is 0 Å². The Bertz CT molecular complexity index is 688. The lowest BCUT2D eigenvalue weighted by atomic mass is 10.3. The molecule has 1 aromatic carbocycles. The molecule has 3 rings (SSSR count). The van der Waals surface area contributed by atoms with Crippen LogP contribution >= 0.6 is 0 Å². The van der Waals surface area contributed by atoms with Crippen molar-refractivity contribution in [3.63, 3.8) is 0 Å². The third-order valence-corrected chi connectivity index (χ3v) is 2.93. The molecule has 0 bridgehead atoms. The number of imidazole rings is 2. The van der Waals surface area contributed by atoms with E-state index in [-0.39, 0.29) is 0 Å². The number of nitrogens with one attached hydrogen (secondary N) is 1. The number of methoxy groups -OCH3 is 2. The molecule has 98 valence electrons. The number of hydrogen-bond acceptors (Lipinski definition) is 4. The first kappa shape index (κ1) is 11.6. The molecule has 6 nitrogen and oxygen atoms in total. The molecule has 0 aliphatic heterocycles. The Morgan fingerprint density at radius 3 is 2.53 bits per heavy atom. The molecule has 2 heterocycles. The summed E-state index contributed by atoms with van der Waals surface area (Å²) in [7, 11) is 5.14. The molecule has 0 spiro atoms. The maximum absolute atomic E-state index is 5.27. The Hall–Kier alpha value is -2.50. The molecule has 19 heavy (non-hydrogen) atoms. The smallest absolute Gasteiger partial charge is 0.163 e. The van der Waals surface area contributed by atoms with Crippen LogP contribution < -0.4 is 9.47 Å². The summed E-state index contributed by atoms with van der Waals surface area (Å²) in [6.45, 7) is 0. The SMILES string of the molecule is COc1cc2nc(-c3cn(C)cn3)[nH]c2cc1OC. The highest BCUT2D eigenvalue weighted by Gasteiger charge is 2.12. The summed E-state index contributed by atoms with van der Waals surface area (Å²) in [5.74, 6) is 2.06. The van der Waals surface area contributed by atoms with Crippen molar-refractivity contribution in [1.29, 1.82) is 0 Å². The molecule has 0 atom stereocenters. The highest BCUT2D eigenvalue weighted by atomic mass is 16.5. The van der Waals surface area contributed by atoms with Crippen molar-refractivity contribution in [2.24, 2.45) is 7.05 Å². The minimum atomic E-state index is 0.661. The number of H-pyrrole nitrogens is 1. The second kappa shape index (κ2) is 4.31. The van der Waals surface area contributed by atoms with Crippen molar-refractivity contribution in [3.8, 4) is 23.0 Å². The molecule has 1 N–H and O–H groups in total. The van der Waals surface area contributed by atoms with Gasteiger partial charge >= 0.3 is 0 Å². The number of benzene rings is 1. The van der Waals surface area contributed by atoms with Crippen LogP contribution in [0.2, 0.25) is 0 Å². The highest BCUT2D eigenvalue weighted by Crippen LogP contribution is 2.32. The first-order chi connectivity index (χ1) is 9.21. The molecular weight excluding hydrogens is 244 g/mol. The Labute approximate surface area is 110 Å². The Morgan fingerprint density at radius 2 is 1.89 bits per heavy atom. The van der Waals surface area contributed by atoms with Crippen LogP contribution in [0.25, 0.3) is 22.6 Å². The van der Waals surface area contributed by atoms with Crippen LogP contribution in [-0.2, 0) is 7.05 Å². The third kappa shape index (κ3) is 1.91. The van der Waals surface area contributed by atoms with Crippen molar-refractivity contribution < 1.29 is 9.47 Å². The molecular formula is C13H14N4O2. The second-order valence-corrected chi connectivity index (χ2v) is 4.23. The van der Waals surface area contributed by atoms with Crippen molar-refractivity contribution in [2.45, 2.75) is 0 Å². The normalized spacial score (nSPS) is 10.9. The van der Waals surface area contributed by atoms with Gasteiger partial charge in [0, 0.05) is 25.4 Å². The molecule has 0 aliphatic carbocycles. The zero-order chi connectivity index (χ0) is 13.4. The minimum absolute atomic E-state index is 0.661. The standard InChI is InChI=1S/C13H14N4O2/c1-17-6-10(14-7-17)13-15-8-4-11(18-2)12(19-3)5-9(8)16-13/h4-7H,1-3H3,(H,15,16). The first-order valence-electron chi connectivity index (χ1n) is 5.81. The van der Waals surface area contributed by atoms with E-state index >= 15 is 0 Å². The van der Waals surface area contributed by atoms with Gasteiger partial charge in [-0.1, -0.05) is 0 Å². The van der Waals surface area contributed by atoms with E-state index in [1.807, 2.05) is 29.9 Å². The van der Waals surface area contributed by atoms with Gasteiger partial charge in [0.2, 0.25) is 0 Å². The summed E-state index contributed by atoms with van der Waals surface area (Å²) >= 11 is 0.